The summed E-state index contributed by atoms with van der Waals surface area (Å²) >= 11 is 0. The molecule has 206 valence electrons. The average Bonchev–Trinajstić information content (AvgIpc) is 2.81. The van der Waals surface area contributed by atoms with Crippen molar-refractivity contribution in [3.05, 3.63) is 59.7 Å². The van der Waals surface area contributed by atoms with Crippen LogP contribution in [0, 0.1) is 11.8 Å². The lowest BCUT2D eigenvalue weighted by atomic mass is 10.0. The highest BCUT2D eigenvalue weighted by Crippen LogP contribution is 2.40. The predicted molar refractivity (Wildman–Crippen MR) is 151 cm³/mol. The van der Waals surface area contributed by atoms with Gasteiger partial charge in [-0.25, -0.2) is 0 Å². The first-order valence-corrected chi connectivity index (χ1v) is 14.7. The molecule has 0 heterocycles. The van der Waals surface area contributed by atoms with Gasteiger partial charge in [-0.2, -0.15) is 0 Å². The van der Waals surface area contributed by atoms with E-state index in [0.29, 0.717) is 33.8 Å². The molecule has 0 aliphatic carbocycles. The molecule has 0 saturated carbocycles. The van der Waals surface area contributed by atoms with Crippen LogP contribution in [0.25, 0.3) is 0 Å². The van der Waals surface area contributed by atoms with Crippen molar-refractivity contribution in [1.29, 1.82) is 0 Å². The molecule has 2 amide bonds. The standard InChI is InChI=1S/C28H36N2O6S2/c1-17(2)13-19(15-25(31)32)29-27(35)21-9-5-7-11-23(21)37-38-24-12-8-6-10-22(24)28(36)30-20(14-18(3)4)16-26(33)34/h5-12,17-20H,13-16H2,1-4H3,(H,29,35)(H,30,36)(H,31,32)(H,33,34)/t19-,20-/m0/s1. The Labute approximate surface area is 231 Å². The van der Waals surface area contributed by atoms with Crippen molar-refractivity contribution in [3.63, 3.8) is 0 Å². The SMILES string of the molecule is CC(C)C[C@@H](CC(=O)O)NC(=O)c1ccccc1SSc1ccccc1C(=O)N[C@H](CC(=O)O)CC(C)C. The third-order valence-electron chi connectivity index (χ3n) is 5.51. The van der Waals surface area contributed by atoms with Gasteiger partial charge in [-0.05, 0) is 48.9 Å². The monoisotopic (exact) mass is 560 g/mol. The summed E-state index contributed by atoms with van der Waals surface area (Å²) in [6.45, 7) is 7.90. The van der Waals surface area contributed by atoms with Crippen LogP contribution in [0.15, 0.2) is 58.3 Å². The number of hydrogen-bond donors (Lipinski definition) is 4. The van der Waals surface area contributed by atoms with Crippen molar-refractivity contribution < 1.29 is 29.4 Å². The quantitative estimate of drug-likeness (QED) is 0.203. The normalized spacial score (nSPS) is 12.7. The second kappa shape index (κ2) is 15.4. The Morgan fingerprint density at radius 1 is 0.658 bits per heavy atom. The number of carboxylic acids is 2. The van der Waals surface area contributed by atoms with E-state index >= 15 is 0 Å². The molecule has 0 aliphatic heterocycles. The summed E-state index contributed by atoms with van der Waals surface area (Å²) < 4.78 is 0. The number of nitrogens with one attached hydrogen (secondary N) is 2. The van der Waals surface area contributed by atoms with Crippen LogP contribution in [-0.4, -0.2) is 46.0 Å². The average molecular weight is 561 g/mol. The zero-order valence-electron chi connectivity index (χ0n) is 22.1. The number of hydrogen-bond acceptors (Lipinski definition) is 6. The lowest BCUT2D eigenvalue weighted by Gasteiger charge is -2.20. The number of aliphatic carboxylic acids is 2. The molecule has 0 unspecified atom stereocenters. The number of carbonyl (C=O) groups excluding carboxylic acids is 2. The summed E-state index contributed by atoms with van der Waals surface area (Å²) in [5.74, 6) is -2.20. The summed E-state index contributed by atoms with van der Waals surface area (Å²) in [5.41, 5.74) is 0.842. The summed E-state index contributed by atoms with van der Waals surface area (Å²) in [5, 5.41) is 24.2. The van der Waals surface area contributed by atoms with Gasteiger partial charge in [0.2, 0.25) is 0 Å². The van der Waals surface area contributed by atoms with Gasteiger partial charge in [0.05, 0.1) is 24.0 Å². The molecular formula is C28H36N2O6S2. The maximum Gasteiger partial charge on any atom is 0.305 e. The van der Waals surface area contributed by atoms with Crippen molar-refractivity contribution in [3.8, 4) is 0 Å². The van der Waals surface area contributed by atoms with Crippen LogP contribution in [0.3, 0.4) is 0 Å². The molecule has 2 aromatic carbocycles. The molecule has 0 aliphatic rings. The first-order valence-electron chi connectivity index (χ1n) is 12.5. The molecule has 0 aromatic heterocycles. The molecule has 0 bridgehead atoms. The predicted octanol–water partition coefficient (Wildman–Crippen LogP) is 5.72. The minimum absolute atomic E-state index is 0.157. The van der Waals surface area contributed by atoms with E-state index in [4.69, 9.17) is 0 Å². The van der Waals surface area contributed by atoms with Crippen molar-refractivity contribution >= 4 is 45.3 Å². The van der Waals surface area contributed by atoms with E-state index in [1.165, 1.54) is 21.6 Å². The second-order valence-electron chi connectivity index (χ2n) is 9.95. The third-order valence-corrected chi connectivity index (χ3v) is 7.99. The van der Waals surface area contributed by atoms with Crippen LogP contribution >= 0.6 is 21.6 Å². The van der Waals surface area contributed by atoms with Gasteiger partial charge >= 0.3 is 11.9 Å². The minimum atomic E-state index is -0.969. The lowest BCUT2D eigenvalue weighted by molar-refractivity contribution is -0.138. The van der Waals surface area contributed by atoms with E-state index in [1.807, 2.05) is 39.8 Å². The molecule has 10 heteroatoms. The fraction of sp³-hybridized carbons (Fsp3) is 0.429. The minimum Gasteiger partial charge on any atom is -0.481 e. The van der Waals surface area contributed by atoms with Crippen molar-refractivity contribution in [2.45, 2.75) is 75.3 Å². The second-order valence-corrected chi connectivity index (χ2v) is 12.2. The molecule has 38 heavy (non-hydrogen) atoms. The fourth-order valence-corrected chi connectivity index (χ4v) is 6.38. The maximum atomic E-state index is 13.1. The Balaban J connectivity index is 2.18. The Morgan fingerprint density at radius 2 is 1.00 bits per heavy atom. The number of rotatable bonds is 15. The van der Waals surface area contributed by atoms with Crippen LogP contribution in [0.2, 0.25) is 0 Å². The van der Waals surface area contributed by atoms with Gasteiger partial charge in [0, 0.05) is 21.9 Å². The van der Waals surface area contributed by atoms with Crippen molar-refractivity contribution in [2.24, 2.45) is 11.8 Å². The van der Waals surface area contributed by atoms with Gasteiger partial charge in [0.15, 0.2) is 0 Å². The van der Waals surface area contributed by atoms with E-state index in [-0.39, 0.29) is 36.5 Å². The van der Waals surface area contributed by atoms with Gasteiger partial charge in [0.25, 0.3) is 11.8 Å². The van der Waals surface area contributed by atoms with E-state index in [0.717, 1.165) is 0 Å². The molecule has 8 nitrogen and oxygen atoms in total. The molecular weight excluding hydrogens is 524 g/mol. The summed E-state index contributed by atoms with van der Waals surface area (Å²) in [6, 6.07) is 13.1. The van der Waals surface area contributed by atoms with E-state index in [9.17, 15) is 29.4 Å². The zero-order valence-corrected chi connectivity index (χ0v) is 23.7. The van der Waals surface area contributed by atoms with E-state index < -0.39 is 24.0 Å². The molecule has 0 saturated heterocycles. The summed E-state index contributed by atoms with van der Waals surface area (Å²) in [7, 11) is 2.64. The van der Waals surface area contributed by atoms with Crippen LogP contribution < -0.4 is 10.6 Å². The van der Waals surface area contributed by atoms with Crippen LogP contribution in [0.5, 0.6) is 0 Å². The van der Waals surface area contributed by atoms with Crippen molar-refractivity contribution in [2.75, 3.05) is 0 Å². The molecule has 0 fully saturated rings. The molecule has 0 radical (unpaired) electrons. The fourth-order valence-electron chi connectivity index (χ4n) is 4.02. The van der Waals surface area contributed by atoms with Gasteiger partial charge in [-0.1, -0.05) is 73.5 Å². The lowest BCUT2D eigenvalue weighted by Crippen LogP contribution is -2.37. The number of carboxylic acid groups (broad SMARTS) is 2. The Bertz CT molecular complexity index is 1030. The molecule has 2 aromatic rings. The number of carbonyl (C=O) groups is 4. The highest BCUT2D eigenvalue weighted by Gasteiger charge is 2.22. The molecule has 0 spiro atoms. The highest BCUT2D eigenvalue weighted by molar-refractivity contribution is 8.76. The van der Waals surface area contributed by atoms with Crippen LogP contribution in [-0.2, 0) is 9.59 Å². The first kappa shape index (κ1) is 31.2. The summed E-state index contributed by atoms with van der Waals surface area (Å²) in [4.78, 5) is 50.1. The molecule has 4 N–H and O–H groups in total. The number of benzene rings is 2. The topological polar surface area (TPSA) is 133 Å². The summed E-state index contributed by atoms with van der Waals surface area (Å²) in [6.07, 6.45) is 0.779. The van der Waals surface area contributed by atoms with Gasteiger partial charge in [-0.15, -0.1) is 0 Å². The number of amides is 2. The van der Waals surface area contributed by atoms with Gasteiger partial charge < -0.3 is 20.8 Å². The Morgan fingerprint density at radius 3 is 1.32 bits per heavy atom. The molecule has 2 atom stereocenters. The van der Waals surface area contributed by atoms with Gasteiger partial charge in [-0.3, -0.25) is 19.2 Å². The Hall–Kier alpha value is -2.98. The Kier molecular flexibility index (Phi) is 12.7. The van der Waals surface area contributed by atoms with Crippen LogP contribution in [0.1, 0.15) is 74.1 Å². The zero-order chi connectivity index (χ0) is 28.2. The largest absolute Gasteiger partial charge is 0.481 e. The van der Waals surface area contributed by atoms with Crippen LogP contribution in [0.4, 0.5) is 0 Å². The highest BCUT2D eigenvalue weighted by atomic mass is 33.1. The van der Waals surface area contributed by atoms with Crippen molar-refractivity contribution in [1.82, 2.24) is 10.6 Å². The van der Waals surface area contributed by atoms with E-state index in [2.05, 4.69) is 10.6 Å². The molecule has 2 rings (SSSR count). The van der Waals surface area contributed by atoms with E-state index in [1.54, 1.807) is 36.4 Å². The first-order chi connectivity index (χ1) is 18.0. The smallest absolute Gasteiger partial charge is 0.305 e. The third kappa shape index (κ3) is 10.8. The maximum absolute atomic E-state index is 13.1. The van der Waals surface area contributed by atoms with Gasteiger partial charge in [0.1, 0.15) is 0 Å².